The lowest BCUT2D eigenvalue weighted by atomic mass is 9.78. The molecule has 3 aliphatic rings. The van der Waals surface area contributed by atoms with Crippen LogP contribution in [0.2, 0.25) is 0 Å². The summed E-state index contributed by atoms with van der Waals surface area (Å²) in [5.41, 5.74) is -1.44. The van der Waals surface area contributed by atoms with Crippen LogP contribution >= 0.6 is 0 Å². The number of aliphatic hydroxyl groups is 1. The maximum atomic E-state index is 13.9. The first-order valence-corrected chi connectivity index (χ1v) is 9.56. The summed E-state index contributed by atoms with van der Waals surface area (Å²) in [5, 5.41) is 14.9. The van der Waals surface area contributed by atoms with Crippen molar-refractivity contribution in [2.24, 2.45) is 17.8 Å². The summed E-state index contributed by atoms with van der Waals surface area (Å²) in [6.07, 6.45) is 0.348. The van der Waals surface area contributed by atoms with Crippen molar-refractivity contribution in [3.8, 4) is 0 Å². The molecule has 3 fully saturated rings. The van der Waals surface area contributed by atoms with Crippen molar-refractivity contribution in [1.82, 2.24) is 10.2 Å². The smallest absolute Gasteiger partial charge is 0.259 e. The number of piperidine rings is 1. The van der Waals surface area contributed by atoms with Crippen LogP contribution in [0.5, 0.6) is 0 Å². The zero-order valence-electron chi connectivity index (χ0n) is 14.8. The van der Waals surface area contributed by atoms with Crippen LogP contribution in [-0.2, 0) is 10.4 Å². The Hall–Kier alpha value is -1.53. The molecule has 0 radical (unpaired) electrons. The number of halogens is 2. The van der Waals surface area contributed by atoms with Gasteiger partial charge in [-0.3, -0.25) is 4.79 Å². The lowest BCUT2D eigenvalue weighted by Gasteiger charge is -2.41. The van der Waals surface area contributed by atoms with Gasteiger partial charge in [0.05, 0.1) is 0 Å². The van der Waals surface area contributed by atoms with E-state index < -0.39 is 29.8 Å². The van der Waals surface area contributed by atoms with E-state index in [4.69, 9.17) is 0 Å². The third kappa shape index (κ3) is 3.03. The fourth-order valence-corrected chi connectivity index (χ4v) is 4.99. The van der Waals surface area contributed by atoms with Crippen LogP contribution < -0.4 is 5.32 Å². The van der Waals surface area contributed by atoms with Crippen molar-refractivity contribution >= 4 is 5.91 Å². The standard InChI is InChI=1S/C20H26F2N2O2/c21-19(22)8-6-17(10-19)20(26,16-4-2-1-3-5-16)18(25)24-9-7-14-11-23-12-15(14)13-24/h1-5,14-15,17,23,26H,6-13H2/t14-,15-,17+,20-/m0/s1. The first-order chi connectivity index (χ1) is 12.4. The van der Waals surface area contributed by atoms with Crippen molar-refractivity contribution < 1.29 is 18.7 Å². The predicted octanol–water partition coefficient (Wildman–Crippen LogP) is 2.38. The van der Waals surface area contributed by atoms with E-state index in [1.165, 1.54) is 0 Å². The first-order valence-electron chi connectivity index (χ1n) is 9.56. The van der Waals surface area contributed by atoms with E-state index in [1.54, 1.807) is 35.2 Å². The SMILES string of the molecule is O=C(N1CC[C@H]2CNC[C@H]2C1)[C@](O)(c1ccccc1)[C@@H]1CCC(F)(F)C1. The third-order valence-electron chi connectivity index (χ3n) is 6.53. The average Bonchev–Trinajstić information content (AvgIpc) is 3.26. The molecule has 0 bridgehead atoms. The normalized spacial score (nSPS) is 32.9. The Balaban J connectivity index is 1.63. The number of hydrogen-bond acceptors (Lipinski definition) is 3. The molecular formula is C20H26F2N2O2. The number of hydrogen-bond donors (Lipinski definition) is 2. The summed E-state index contributed by atoms with van der Waals surface area (Å²) in [6, 6.07) is 8.64. The minimum absolute atomic E-state index is 0.158. The van der Waals surface area contributed by atoms with E-state index in [-0.39, 0.29) is 12.8 Å². The number of nitrogens with zero attached hydrogens (tertiary/aromatic N) is 1. The Morgan fingerprint density at radius 1 is 1.19 bits per heavy atom. The predicted molar refractivity (Wildman–Crippen MR) is 93.7 cm³/mol. The molecule has 1 amide bonds. The second-order valence-electron chi connectivity index (χ2n) is 8.15. The monoisotopic (exact) mass is 364 g/mol. The zero-order valence-corrected chi connectivity index (χ0v) is 14.8. The number of carbonyl (C=O) groups is 1. The highest BCUT2D eigenvalue weighted by atomic mass is 19.3. The number of nitrogens with one attached hydrogen (secondary N) is 1. The lowest BCUT2D eigenvalue weighted by Crippen LogP contribution is -2.54. The molecule has 1 aliphatic carbocycles. The minimum atomic E-state index is -2.81. The van der Waals surface area contributed by atoms with Crippen molar-refractivity contribution in [2.45, 2.75) is 37.2 Å². The molecule has 4 nitrogen and oxygen atoms in total. The second-order valence-corrected chi connectivity index (χ2v) is 8.15. The van der Waals surface area contributed by atoms with Crippen molar-refractivity contribution in [3.05, 3.63) is 35.9 Å². The second kappa shape index (κ2) is 6.57. The van der Waals surface area contributed by atoms with Crippen LogP contribution in [0.25, 0.3) is 0 Å². The third-order valence-corrected chi connectivity index (χ3v) is 6.53. The Bertz CT molecular complexity index is 669. The molecule has 0 aromatic heterocycles. The molecule has 0 unspecified atom stereocenters. The Morgan fingerprint density at radius 3 is 2.62 bits per heavy atom. The molecule has 2 aliphatic heterocycles. The lowest BCUT2D eigenvalue weighted by molar-refractivity contribution is -0.162. The summed E-state index contributed by atoms with van der Waals surface area (Å²) < 4.78 is 27.8. The van der Waals surface area contributed by atoms with Crippen LogP contribution in [-0.4, -0.2) is 48.0 Å². The topological polar surface area (TPSA) is 52.6 Å². The largest absolute Gasteiger partial charge is 0.375 e. The van der Waals surface area contributed by atoms with Gasteiger partial charge in [0.25, 0.3) is 5.91 Å². The number of likely N-dealkylation sites (tertiary alicyclic amines) is 1. The van der Waals surface area contributed by atoms with Gasteiger partial charge in [-0.25, -0.2) is 8.78 Å². The maximum absolute atomic E-state index is 13.9. The fourth-order valence-electron chi connectivity index (χ4n) is 4.99. The fraction of sp³-hybridized carbons (Fsp3) is 0.650. The highest BCUT2D eigenvalue weighted by Gasteiger charge is 2.55. The van der Waals surface area contributed by atoms with Crippen molar-refractivity contribution in [2.75, 3.05) is 26.2 Å². The summed E-state index contributed by atoms with van der Waals surface area (Å²) in [5.74, 6) is -3.02. The van der Waals surface area contributed by atoms with Crippen molar-refractivity contribution in [1.29, 1.82) is 0 Å². The van der Waals surface area contributed by atoms with E-state index in [1.807, 2.05) is 0 Å². The van der Waals surface area contributed by atoms with E-state index in [2.05, 4.69) is 5.32 Å². The van der Waals surface area contributed by atoms with E-state index in [9.17, 15) is 18.7 Å². The summed E-state index contributed by atoms with van der Waals surface area (Å²) in [7, 11) is 0. The van der Waals surface area contributed by atoms with E-state index in [0.29, 0.717) is 30.5 Å². The molecule has 142 valence electrons. The van der Waals surface area contributed by atoms with E-state index in [0.717, 1.165) is 19.5 Å². The van der Waals surface area contributed by atoms with Crippen LogP contribution in [0.3, 0.4) is 0 Å². The molecule has 2 saturated heterocycles. The molecule has 4 rings (SSSR count). The molecular weight excluding hydrogens is 338 g/mol. The summed E-state index contributed by atoms with van der Waals surface area (Å²) in [6.45, 7) is 3.03. The first kappa shape index (κ1) is 17.9. The van der Waals surface area contributed by atoms with Gasteiger partial charge in [-0.1, -0.05) is 30.3 Å². The van der Waals surface area contributed by atoms with Gasteiger partial charge >= 0.3 is 0 Å². The highest BCUT2D eigenvalue weighted by molar-refractivity contribution is 5.87. The zero-order chi connectivity index (χ0) is 18.4. The van der Waals surface area contributed by atoms with Gasteiger partial charge in [0.2, 0.25) is 5.92 Å². The quantitative estimate of drug-likeness (QED) is 0.866. The number of benzene rings is 1. The number of fused-ring (bicyclic) bond motifs is 1. The molecule has 6 heteroatoms. The van der Waals surface area contributed by atoms with Gasteiger partial charge in [0.1, 0.15) is 0 Å². The number of rotatable bonds is 3. The molecule has 2 N–H and O–H groups in total. The summed E-state index contributed by atoms with van der Waals surface area (Å²) in [4.78, 5) is 15.1. The van der Waals surface area contributed by atoms with Gasteiger partial charge in [-0.15, -0.1) is 0 Å². The Morgan fingerprint density at radius 2 is 1.92 bits per heavy atom. The van der Waals surface area contributed by atoms with Gasteiger partial charge in [0, 0.05) is 31.8 Å². The molecule has 1 aromatic carbocycles. The van der Waals surface area contributed by atoms with Crippen molar-refractivity contribution in [3.63, 3.8) is 0 Å². The Kier molecular flexibility index (Phi) is 4.51. The van der Waals surface area contributed by atoms with E-state index >= 15 is 0 Å². The Labute approximate surface area is 152 Å². The molecule has 1 saturated carbocycles. The average molecular weight is 364 g/mol. The number of carbonyl (C=O) groups excluding carboxylic acids is 1. The number of amides is 1. The van der Waals surface area contributed by atoms with Crippen LogP contribution in [0.15, 0.2) is 30.3 Å². The van der Waals surface area contributed by atoms with Gasteiger partial charge in [-0.2, -0.15) is 0 Å². The molecule has 0 spiro atoms. The van der Waals surface area contributed by atoms with Gasteiger partial charge < -0.3 is 15.3 Å². The molecule has 26 heavy (non-hydrogen) atoms. The number of alkyl halides is 2. The van der Waals surface area contributed by atoms with Gasteiger partial charge in [0.15, 0.2) is 5.60 Å². The van der Waals surface area contributed by atoms with Gasteiger partial charge in [-0.05, 0) is 43.3 Å². The molecule has 4 atom stereocenters. The minimum Gasteiger partial charge on any atom is -0.375 e. The maximum Gasteiger partial charge on any atom is 0.259 e. The van der Waals surface area contributed by atoms with Crippen LogP contribution in [0.4, 0.5) is 8.78 Å². The molecule has 2 heterocycles. The van der Waals surface area contributed by atoms with Crippen LogP contribution in [0.1, 0.15) is 31.2 Å². The van der Waals surface area contributed by atoms with Crippen LogP contribution in [0, 0.1) is 17.8 Å². The highest BCUT2D eigenvalue weighted by Crippen LogP contribution is 2.48. The molecule has 1 aromatic rings. The summed E-state index contributed by atoms with van der Waals surface area (Å²) >= 11 is 0.